The van der Waals surface area contributed by atoms with E-state index in [9.17, 15) is 19.2 Å². The zero-order valence-corrected chi connectivity index (χ0v) is 27.7. The van der Waals surface area contributed by atoms with Crippen LogP contribution in [0, 0.1) is 0 Å². The van der Waals surface area contributed by atoms with Crippen LogP contribution in [0.5, 0.6) is 0 Å². The van der Waals surface area contributed by atoms with Crippen LogP contribution in [0.25, 0.3) is 0 Å². The number of hydrogen-bond donors (Lipinski definition) is 5. The maximum absolute atomic E-state index is 13.5. The number of benzene rings is 3. The van der Waals surface area contributed by atoms with Crippen molar-refractivity contribution in [3.05, 3.63) is 119 Å². The van der Waals surface area contributed by atoms with Crippen LogP contribution < -0.4 is 21.3 Å². The number of aryl methyl sites for hydroxylation is 1. The number of urea groups is 1. The number of carbonyl (C=O) groups is 4. The van der Waals surface area contributed by atoms with Crippen molar-refractivity contribution in [2.24, 2.45) is 0 Å². The van der Waals surface area contributed by atoms with Crippen molar-refractivity contribution < 1.29 is 19.2 Å². The molecular formula is C36H42N8O4. The number of likely N-dealkylation sites (N-methyl/N-ethyl adjacent to an activating group) is 1. The number of aromatic amines is 1. The fraction of sp³-hybridized carbons (Fsp3) is 0.250. The normalized spacial score (nSPS) is 11.4. The first-order valence-corrected chi connectivity index (χ1v) is 15.7. The molecule has 48 heavy (non-hydrogen) atoms. The van der Waals surface area contributed by atoms with Gasteiger partial charge in [-0.1, -0.05) is 49.9 Å². The third-order valence-electron chi connectivity index (χ3n) is 7.59. The second-order valence-corrected chi connectivity index (χ2v) is 11.3. The first kappa shape index (κ1) is 35.1. The van der Waals surface area contributed by atoms with E-state index in [-0.39, 0.29) is 30.4 Å². The number of amides is 5. The maximum atomic E-state index is 13.5. The first-order valence-electron chi connectivity index (χ1n) is 15.7. The van der Waals surface area contributed by atoms with Crippen molar-refractivity contribution >= 4 is 40.9 Å². The zero-order chi connectivity index (χ0) is 34.6. The predicted molar refractivity (Wildman–Crippen MR) is 188 cm³/mol. The van der Waals surface area contributed by atoms with Gasteiger partial charge in [-0.15, -0.1) is 0 Å². The summed E-state index contributed by atoms with van der Waals surface area (Å²) in [5, 5.41) is 18.8. The number of nitrogens with one attached hydrogen (secondary N) is 5. The Morgan fingerprint density at radius 2 is 1.56 bits per heavy atom. The number of aromatic nitrogens is 2. The van der Waals surface area contributed by atoms with Gasteiger partial charge in [0.1, 0.15) is 0 Å². The van der Waals surface area contributed by atoms with E-state index < -0.39 is 5.91 Å². The molecule has 3 aromatic carbocycles. The summed E-state index contributed by atoms with van der Waals surface area (Å²) in [6, 6.07) is 22.3. The summed E-state index contributed by atoms with van der Waals surface area (Å²) in [4.78, 5) is 55.0. The highest BCUT2D eigenvalue weighted by Gasteiger charge is 2.23. The van der Waals surface area contributed by atoms with E-state index in [2.05, 4.69) is 38.0 Å². The van der Waals surface area contributed by atoms with E-state index >= 15 is 0 Å². The molecule has 0 aliphatic rings. The van der Waals surface area contributed by atoms with E-state index in [0.29, 0.717) is 53.4 Å². The van der Waals surface area contributed by atoms with Crippen molar-refractivity contribution in [1.82, 2.24) is 25.3 Å². The second-order valence-electron chi connectivity index (χ2n) is 11.3. The molecule has 250 valence electrons. The second kappa shape index (κ2) is 16.7. The molecule has 5 amide bonds. The highest BCUT2D eigenvalue weighted by atomic mass is 16.2. The summed E-state index contributed by atoms with van der Waals surface area (Å²) in [7, 11) is 3.93. The van der Waals surface area contributed by atoms with Crippen LogP contribution in [0.4, 0.5) is 22.0 Å². The molecule has 0 radical (unpaired) electrons. The van der Waals surface area contributed by atoms with E-state index in [1.807, 2.05) is 63.2 Å². The molecule has 0 spiro atoms. The summed E-state index contributed by atoms with van der Waals surface area (Å²) in [6.45, 7) is 8.59. The van der Waals surface area contributed by atoms with Gasteiger partial charge in [0.15, 0.2) is 5.82 Å². The predicted octanol–water partition coefficient (Wildman–Crippen LogP) is 5.44. The van der Waals surface area contributed by atoms with Gasteiger partial charge >= 0.3 is 6.03 Å². The van der Waals surface area contributed by atoms with Gasteiger partial charge in [-0.05, 0) is 81.5 Å². The molecule has 12 nitrogen and oxygen atoms in total. The Kier molecular flexibility index (Phi) is 12.2. The molecule has 12 heteroatoms. The first-order chi connectivity index (χ1) is 23.1. The van der Waals surface area contributed by atoms with E-state index in [1.165, 1.54) is 0 Å². The number of H-pyrrole nitrogens is 1. The minimum absolute atomic E-state index is 0.214. The highest BCUT2D eigenvalue weighted by Crippen LogP contribution is 2.23. The van der Waals surface area contributed by atoms with Crippen LogP contribution in [0.15, 0.2) is 91.5 Å². The van der Waals surface area contributed by atoms with Crippen LogP contribution >= 0.6 is 0 Å². The lowest BCUT2D eigenvalue weighted by Crippen LogP contribution is -2.43. The molecule has 0 aliphatic heterocycles. The standard InChI is InChI=1S/C36H42N8O4/c1-6-30-29(22-44(8-3)36(48)39-31(23-43(4)5)24-13-10-9-11-14-24)33(42-41-30)40-35(47)26-15-12-16-28(21-26)38-34(46)25-17-19-27(20-18-25)37-32(45)7-2/h7,9-21,31H,2,6,8,22-23H2,1,3-5H3,(H,37,45)(H,38,46)(H,39,48)(H2,40,41,42,47)/t31-/m1/s1. The number of nitrogens with zero attached hydrogens (tertiary/aromatic N) is 3. The Morgan fingerprint density at radius 1 is 0.854 bits per heavy atom. The molecule has 0 aliphatic carbocycles. The third kappa shape index (κ3) is 9.39. The Hall–Kier alpha value is -5.75. The van der Waals surface area contributed by atoms with E-state index in [4.69, 9.17) is 0 Å². The van der Waals surface area contributed by atoms with Gasteiger partial charge in [-0.2, -0.15) is 5.10 Å². The average Bonchev–Trinajstić information content (AvgIpc) is 3.47. The van der Waals surface area contributed by atoms with Crippen molar-refractivity contribution in [2.45, 2.75) is 32.9 Å². The maximum Gasteiger partial charge on any atom is 0.318 e. The van der Waals surface area contributed by atoms with Crippen LogP contribution in [0.2, 0.25) is 0 Å². The largest absolute Gasteiger partial charge is 0.330 e. The monoisotopic (exact) mass is 650 g/mol. The molecule has 4 rings (SSSR count). The minimum atomic E-state index is -0.425. The summed E-state index contributed by atoms with van der Waals surface area (Å²) in [5.74, 6) is -0.828. The molecule has 0 saturated heterocycles. The molecule has 1 aromatic heterocycles. The quantitative estimate of drug-likeness (QED) is 0.115. The Bertz CT molecular complexity index is 1730. The molecule has 1 heterocycles. The molecule has 0 bridgehead atoms. The SMILES string of the molecule is C=CC(=O)Nc1ccc(C(=O)Nc2cccc(C(=O)Nc3n[nH]c(CC)c3CN(CC)C(=O)N[C@H](CN(C)C)c3ccccc3)c2)cc1. The molecule has 0 unspecified atom stereocenters. The molecule has 1 atom stereocenters. The molecular weight excluding hydrogens is 608 g/mol. The lowest BCUT2D eigenvalue weighted by atomic mass is 10.1. The fourth-order valence-corrected chi connectivity index (χ4v) is 5.03. The lowest BCUT2D eigenvalue weighted by molar-refractivity contribution is -0.111. The Balaban J connectivity index is 1.45. The van der Waals surface area contributed by atoms with Crippen molar-refractivity contribution in [3.63, 3.8) is 0 Å². The lowest BCUT2D eigenvalue weighted by Gasteiger charge is -2.28. The number of rotatable bonds is 14. The summed E-state index contributed by atoms with van der Waals surface area (Å²) in [6.07, 6.45) is 1.78. The van der Waals surface area contributed by atoms with E-state index in [1.54, 1.807) is 53.4 Å². The van der Waals surface area contributed by atoms with Crippen LogP contribution in [0.1, 0.15) is 57.4 Å². The fourth-order valence-electron chi connectivity index (χ4n) is 5.03. The molecule has 5 N–H and O–H groups in total. The average molecular weight is 651 g/mol. The summed E-state index contributed by atoms with van der Waals surface area (Å²) < 4.78 is 0. The summed E-state index contributed by atoms with van der Waals surface area (Å²) >= 11 is 0. The number of anilines is 3. The zero-order valence-electron chi connectivity index (χ0n) is 27.7. The Morgan fingerprint density at radius 3 is 2.21 bits per heavy atom. The van der Waals surface area contributed by atoms with Crippen LogP contribution in [-0.4, -0.2) is 70.9 Å². The number of hydrogen-bond acceptors (Lipinski definition) is 6. The number of carbonyl (C=O) groups excluding carboxylic acids is 4. The third-order valence-corrected chi connectivity index (χ3v) is 7.59. The topological polar surface area (TPSA) is 152 Å². The minimum Gasteiger partial charge on any atom is -0.330 e. The van der Waals surface area contributed by atoms with Crippen LogP contribution in [-0.2, 0) is 17.8 Å². The highest BCUT2D eigenvalue weighted by molar-refractivity contribution is 6.07. The van der Waals surface area contributed by atoms with Gasteiger partial charge in [-0.3, -0.25) is 19.5 Å². The van der Waals surface area contributed by atoms with Crippen molar-refractivity contribution in [2.75, 3.05) is 43.1 Å². The summed E-state index contributed by atoms with van der Waals surface area (Å²) in [5.41, 5.74) is 4.16. The molecule has 0 saturated carbocycles. The van der Waals surface area contributed by atoms with Gasteiger partial charge in [0.2, 0.25) is 5.91 Å². The smallest absolute Gasteiger partial charge is 0.318 e. The van der Waals surface area contributed by atoms with Gasteiger partial charge in [-0.25, -0.2) is 4.79 Å². The van der Waals surface area contributed by atoms with Gasteiger partial charge in [0.05, 0.1) is 12.6 Å². The van der Waals surface area contributed by atoms with Crippen molar-refractivity contribution in [3.8, 4) is 0 Å². The molecule has 4 aromatic rings. The Labute approximate surface area is 280 Å². The molecule has 0 fully saturated rings. The van der Waals surface area contributed by atoms with Gasteiger partial charge < -0.3 is 31.1 Å². The van der Waals surface area contributed by atoms with Gasteiger partial charge in [0.25, 0.3) is 11.8 Å². The van der Waals surface area contributed by atoms with Gasteiger partial charge in [0, 0.05) is 46.8 Å². The van der Waals surface area contributed by atoms with Crippen molar-refractivity contribution in [1.29, 1.82) is 0 Å². The van der Waals surface area contributed by atoms with Crippen LogP contribution in [0.3, 0.4) is 0 Å². The van der Waals surface area contributed by atoms with E-state index in [0.717, 1.165) is 17.3 Å².